The average Bonchev–Trinajstić information content (AvgIpc) is 2.51. The van der Waals surface area contributed by atoms with Gasteiger partial charge in [0.1, 0.15) is 17.6 Å². The summed E-state index contributed by atoms with van der Waals surface area (Å²) in [5, 5.41) is 3.86. The van der Waals surface area contributed by atoms with E-state index in [1.807, 2.05) is 6.92 Å². The number of nitrogens with one attached hydrogen (secondary N) is 1. The lowest BCUT2D eigenvalue weighted by molar-refractivity contribution is 0.128. The molecule has 1 fully saturated rings. The Kier molecular flexibility index (Phi) is 6.67. The molecule has 0 atom stereocenters. The molecule has 0 bridgehead atoms. The van der Waals surface area contributed by atoms with E-state index in [9.17, 15) is 0 Å². The lowest BCUT2D eigenvalue weighted by atomic mass is 9.97. The molecule has 1 aliphatic heterocycles. The number of aromatic nitrogens is 2. The van der Waals surface area contributed by atoms with Crippen molar-refractivity contribution in [3.05, 3.63) is 17.0 Å². The number of anilines is 1. The topological polar surface area (TPSA) is 50.3 Å². The van der Waals surface area contributed by atoms with Crippen molar-refractivity contribution in [2.45, 2.75) is 33.3 Å². The second kappa shape index (κ2) is 8.51. The minimum absolute atomic E-state index is 0.403. The Morgan fingerprint density at radius 2 is 2.10 bits per heavy atom. The molecular weight excluding hydrogens is 288 g/mol. The van der Waals surface area contributed by atoms with Crippen molar-refractivity contribution in [2.75, 3.05) is 38.1 Å². The second-order valence-corrected chi connectivity index (χ2v) is 5.78. The summed E-state index contributed by atoms with van der Waals surface area (Å²) < 4.78 is 5.33. The van der Waals surface area contributed by atoms with Crippen LogP contribution in [0.25, 0.3) is 0 Å². The maximum atomic E-state index is 6.04. The lowest BCUT2D eigenvalue weighted by Gasteiger charge is -2.31. The van der Waals surface area contributed by atoms with Crippen LogP contribution in [0.2, 0.25) is 5.15 Å². The molecule has 0 aliphatic carbocycles. The fraction of sp³-hybridized carbons (Fsp3) is 0.733. The molecule has 6 heteroatoms. The Morgan fingerprint density at radius 1 is 1.33 bits per heavy atom. The zero-order valence-corrected chi connectivity index (χ0v) is 13.7. The number of ether oxygens (including phenoxy) is 1. The van der Waals surface area contributed by atoms with E-state index in [1.54, 1.807) is 6.07 Å². The monoisotopic (exact) mass is 312 g/mol. The molecular formula is C15H25ClN4O. The summed E-state index contributed by atoms with van der Waals surface area (Å²) in [6.07, 6.45) is 2.48. The number of likely N-dealkylation sites (tertiary alicyclic amines) is 1. The van der Waals surface area contributed by atoms with Crippen LogP contribution < -0.4 is 5.32 Å². The number of piperidine rings is 1. The van der Waals surface area contributed by atoms with Crippen LogP contribution in [0.5, 0.6) is 0 Å². The smallest absolute Gasteiger partial charge is 0.158 e. The SMILES string of the molecule is CCOCc1nc(Cl)cc(NCC2CCN(CC)CC2)n1. The molecule has 0 saturated carbocycles. The van der Waals surface area contributed by atoms with Crippen molar-refractivity contribution < 1.29 is 4.74 Å². The van der Waals surface area contributed by atoms with E-state index >= 15 is 0 Å². The van der Waals surface area contributed by atoms with Gasteiger partial charge in [-0.05, 0) is 45.3 Å². The van der Waals surface area contributed by atoms with Crippen molar-refractivity contribution in [3.63, 3.8) is 0 Å². The molecule has 0 amide bonds. The predicted octanol–water partition coefficient (Wildman–Crippen LogP) is 2.81. The fourth-order valence-electron chi connectivity index (χ4n) is 2.57. The van der Waals surface area contributed by atoms with E-state index in [1.165, 1.54) is 25.9 Å². The molecule has 2 heterocycles. The van der Waals surface area contributed by atoms with Crippen LogP contribution in [0.15, 0.2) is 6.07 Å². The van der Waals surface area contributed by atoms with Gasteiger partial charge < -0.3 is 15.0 Å². The van der Waals surface area contributed by atoms with Crippen molar-refractivity contribution in [1.82, 2.24) is 14.9 Å². The van der Waals surface area contributed by atoms with Crippen LogP contribution in [-0.2, 0) is 11.3 Å². The molecule has 2 rings (SSSR count). The maximum absolute atomic E-state index is 6.04. The summed E-state index contributed by atoms with van der Waals surface area (Å²) in [6, 6.07) is 1.78. The molecule has 21 heavy (non-hydrogen) atoms. The normalized spacial score (nSPS) is 17.1. The van der Waals surface area contributed by atoms with Crippen molar-refractivity contribution in [2.24, 2.45) is 5.92 Å². The summed E-state index contributed by atoms with van der Waals surface area (Å²) in [5.41, 5.74) is 0. The van der Waals surface area contributed by atoms with Crippen LogP contribution in [0.3, 0.4) is 0 Å². The van der Waals surface area contributed by atoms with Crippen LogP contribution >= 0.6 is 11.6 Å². The Hall–Kier alpha value is -0.910. The van der Waals surface area contributed by atoms with Gasteiger partial charge in [0.05, 0.1) is 0 Å². The zero-order chi connectivity index (χ0) is 15.1. The van der Waals surface area contributed by atoms with Crippen LogP contribution in [0, 0.1) is 5.92 Å². The van der Waals surface area contributed by atoms with Gasteiger partial charge in [-0.3, -0.25) is 0 Å². The minimum Gasteiger partial charge on any atom is -0.374 e. The molecule has 1 aliphatic rings. The van der Waals surface area contributed by atoms with Gasteiger partial charge in [-0.2, -0.15) is 0 Å². The highest BCUT2D eigenvalue weighted by atomic mass is 35.5. The molecule has 118 valence electrons. The third kappa shape index (κ3) is 5.41. The summed E-state index contributed by atoms with van der Waals surface area (Å²) in [5.74, 6) is 2.13. The van der Waals surface area contributed by atoms with Crippen LogP contribution in [0.1, 0.15) is 32.5 Å². The fourth-order valence-corrected chi connectivity index (χ4v) is 2.77. The van der Waals surface area contributed by atoms with Crippen molar-refractivity contribution in [3.8, 4) is 0 Å². The molecule has 1 aromatic heterocycles. The quantitative estimate of drug-likeness (QED) is 0.785. The van der Waals surface area contributed by atoms with Crippen molar-refractivity contribution in [1.29, 1.82) is 0 Å². The van der Waals surface area contributed by atoms with E-state index < -0.39 is 0 Å². The summed E-state index contributed by atoms with van der Waals surface area (Å²) in [7, 11) is 0. The van der Waals surface area contributed by atoms with E-state index in [2.05, 4.69) is 27.1 Å². The first kappa shape index (κ1) is 16.5. The van der Waals surface area contributed by atoms with Crippen LogP contribution in [-0.4, -0.2) is 47.7 Å². The highest BCUT2D eigenvalue weighted by molar-refractivity contribution is 6.29. The van der Waals surface area contributed by atoms with Gasteiger partial charge in [0.2, 0.25) is 0 Å². The third-order valence-electron chi connectivity index (χ3n) is 3.90. The molecule has 0 unspecified atom stereocenters. The van der Waals surface area contributed by atoms with Gasteiger partial charge >= 0.3 is 0 Å². The van der Waals surface area contributed by atoms with Gasteiger partial charge in [-0.15, -0.1) is 0 Å². The van der Waals surface area contributed by atoms with E-state index in [0.717, 1.165) is 18.9 Å². The number of hydrogen-bond donors (Lipinski definition) is 1. The minimum atomic E-state index is 0.403. The van der Waals surface area contributed by atoms with E-state index in [-0.39, 0.29) is 0 Å². The number of halogens is 1. The van der Waals surface area contributed by atoms with Gasteiger partial charge in [0, 0.05) is 19.2 Å². The number of rotatable bonds is 7. The highest BCUT2D eigenvalue weighted by Crippen LogP contribution is 2.18. The highest BCUT2D eigenvalue weighted by Gasteiger charge is 2.18. The summed E-state index contributed by atoms with van der Waals surface area (Å²) in [4.78, 5) is 11.1. The lowest BCUT2D eigenvalue weighted by Crippen LogP contribution is -2.35. The molecule has 5 nitrogen and oxygen atoms in total. The molecule has 1 aromatic rings. The standard InChI is InChI=1S/C15H25ClN4O/c1-3-20-7-5-12(6-8-20)10-17-14-9-13(16)18-15(19-14)11-21-4-2/h9,12H,3-8,10-11H2,1-2H3,(H,17,18,19). The van der Waals surface area contributed by atoms with E-state index in [4.69, 9.17) is 16.3 Å². The Bertz CT molecular complexity index is 436. The maximum Gasteiger partial charge on any atom is 0.158 e. The second-order valence-electron chi connectivity index (χ2n) is 5.39. The van der Waals surface area contributed by atoms with Gasteiger partial charge in [0.15, 0.2) is 5.82 Å². The summed E-state index contributed by atoms with van der Waals surface area (Å²) >= 11 is 6.04. The average molecular weight is 313 g/mol. The Morgan fingerprint density at radius 3 is 2.76 bits per heavy atom. The molecule has 0 aromatic carbocycles. The summed E-state index contributed by atoms with van der Waals surface area (Å²) in [6.45, 7) is 9.72. The number of hydrogen-bond acceptors (Lipinski definition) is 5. The predicted molar refractivity (Wildman–Crippen MR) is 85.7 cm³/mol. The Balaban J connectivity index is 1.84. The molecule has 1 N–H and O–H groups in total. The zero-order valence-electron chi connectivity index (χ0n) is 12.9. The molecule has 0 radical (unpaired) electrons. The van der Waals surface area contributed by atoms with Crippen LogP contribution in [0.4, 0.5) is 5.82 Å². The largest absolute Gasteiger partial charge is 0.374 e. The van der Waals surface area contributed by atoms with Crippen molar-refractivity contribution >= 4 is 17.4 Å². The molecule has 1 saturated heterocycles. The third-order valence-corrected chi connectivity index (χ3v) is 4.10. The van der Waals surface area contributed by atoms with Gasteiger partial charge in [0.25, 0.3) is 0 Å². The Labute approximate surface area is 132 Å². The first-order valence-electron chi connectivity index (χ1n) is 7.78. The molecule has 0 spiro atoms. The van der Waals surface area contributed by atoms with Gasteiger partial charge in [-0.25, -0.2) is 9.97 Å². The van der Waals surface area contributed by atoms with E-state index in [0.29, 0.717) is 30.1 Å². The first-order valence-corrected chi connectivity index (χ1v) is 8.16. The first-order chi connectivity index (χ1) is 10.2. The number of nitrogens with zero attached hydrogens (tertiary/aromatic N) is 3. The van der Waals surface area contributed by atoms with Gasteiger partial charge in [-0.1, -0.05) is 18.5 Å².